The number of amides is 1. The smallest absolute Gasteiger partial charge is 0.404 e. The summed E-state index contributed by atoms with van der Waals surface area (Å²) in [6.07, 6.45) is 3.57. The molecule has 0 radical (unpaired) electrons. The number of carbonyl (C=O) groups is 1. The Morgan fingerprint density at radius 3 is 2.62 bits per heavy atom. The summed E-state index contributed by atoms with van der Waals surface area (Å²) in [5.41, 5.74) is 5.63. The van der Waals surface area contributed by atoms with Gasteiger partial charge >= 0.3 is 6.09 Å². The van der Waals surface area contributed by atoms with E-state index in [-0.39, 0.29) is 6.04 Å². The fraction of sp³-hybridized carbons (Fsp3) is 0.667. The van der Waals surface area contributed by atoms with Crippen LogP contribution in [0.5, 0.6) is 0 Å². The van der Waals surface area contributed by atoms with E-state index >= 15 is 0 Å². The lowest BCUT2D eigenvalue weighted by atomic mass is 10.1. The number of sulfone groups is 1. The highest BCUT2D eigenvalue weighted by molar-refractivity contribution is 7.93. The zero-order chi connectivity index (χ0) is 12.6. The predicted molar refractivity (Wildman–Crippen MR) is 61.8 cm³/mol. The van der Waals surface area contributed by atoms with E-state index in [4.69, 9.17) is 10.8 Å². The molecule has 0 aliphatic carbocycles. The molecule has 0 aromatic rings. The minimum Gasteiger partial charge on any atom is -0.465 e. The van der Waals surface area contributed by atoms with Crippen LogP contribution in [0.15, 0.2) is 11.5 Å². The highest BCUT2D eigenvalue weighted by Gasteiger charge is 2.00. The van der Waals surface area contributed by atoms with Gasteiger partial charge in [-0.1, -0.05) is 6.08 Å². The van der Waals surface area contributed by atoms with Gasteiger partial charge in [0.15, 0.2) is 9.84 Å². The van der Waals surface area contributed by atoms with Crippen molar-refractivity contribution in [3.8, 4) is 0 Å². The van der Waals surface area contributed by atoms with Crippen LogP contribution in [-0.2, 0) is 9.84 Å². The number of carboxylic acid groups (broad SMARTS) is 1. The highest BCUT2D eigenvalue weighted by Crippen LogP contribution is 2.00. The van der Waals surface area contributed by atoms with E-state index < -0.39 is 15.9 Å². The Balaban J connectivity index is 3.63. The first kappa shape index (κ1) is 14.9. The summed E-state index contributed by atoms with van der Waals surface area (Å²) in [6, 6.07) is -0.306. The maximum atomic E-state index is 10.8. The second kappa shape index (κ2) is 7.24. The van der Waals surface area contributed by atoms with Gasteiger partial charge in [0.2, 0.25) is 0 Å². The second-order valence-electron chi connectivity index (χ2n) is 3.55. The van der Waals surface area contributed by atoms with Crippen LogP contribution < -0.4 is 11.1 Å². The maximum Gasteiger partial charge on any atom is 0.404 e. The summed E-state index contributed by atoms with van der Waals surface area (Å²) in [5.74, 6) is 0. The average Bonchev–Trinajstić information content (AvgIpc) is 2.12. The molecule has 0 saturated carbocycles. The SMILES string of the molecule is CS(=O)(=O)/C=C/C(N)CCCCNC(=O)O. The van der Waals surface area contributed by atoms with Crippen LogP contribution in [0.2, 0.25) is 0 Å². The van der Waals surface area contributed by atoms with Gasteiger partial charge in [-0.25, -0.2) is 13.2 Å². The van der Waals surface area contributed by atoms with Crippen molar-refractivity contribution in [3.63, 3.8) is 0 Å². The molecule has 1 amide bonds. The Morgan fingerprint density at radius 2 is 2.12 bits per heavy atom. The minimum absolute atomic E-state index is 0.306. The molecular weight excluding hydrogens is 232 g/mol. The van der Waals surface area contributed by atoms with Crippen molar-refractivity contribution in [3.05, 3.63) is 11.5 Å². The van der Waals surface area contributed by atoms with Crippen molar-refractivity contribution in [2.24, 2.45) is 5.73 Å². The number of unbranched alkanes of at least 4 members (excludes halogenated alkanes) is 1. The van der Waals surface area contributed by atoms with E-state index in [1.54, 1.807) is 0 Å². The molecule has 94 valence electrons. The minimum atomic E-state index is -3.12. The average molecular weight is 250 g/mol. The fourth-order valence-corrected chi connectivity index (χ4v) is 1.53. The Bertz CT molecular complexity index is 337. The molecule has 0 saturated heterocycles. The third kappa shape index (κ3) is 11.0. The second-order valence-corrected chi connectivity index (χ2v) is 5.48. The van der Waals surface area contributed by atoms with E-state index in [9.17, 15) is 13.2 Å². The summed E-state index contributed by atoms with van der Waals surface area (Å²) in [4.78, 5) is 10.1. The molecule has 7 heteroatoms. The molecule has 0 aliphatic rings. The van der Waals surface area contributed by atoms with Gasteiger partial charge in [0, 0.05) is 24.3 Å². The largest absolute Gasteiger partial charge is 0.465 e. The monoisotopic (exact) mass is 250 g/mol. The zero-order valence-electron chi connectivity index (χ0n) is 9.22. The number of nitrogens with one attached hydrogen (secondary N) is 1. The van der Waals surface area contributed by atoms with Crippen molar-refractivity contribution >= 4 is 15.9 Å². The fourth-order valence-electron chi connectivity index (χ4n) is 1.04. The van der Waals surface area contributed by atoms with E-state index in [1.807, 2.05) is 0 Å². The molecule has 4 N–H and O–H groups in total. The van der Waals surface area contributed by atoms with Crippen molar-refractivity contribution in [2.45, 2.75) is 25.3 Å². The van der Waals surface area contributed by atoms with E-state index in [1.165, 1.54) is 6.08 Å². The van der Waals surface area contributed by atoms with Gasteiger partial charge in [0.25, 0.3) is 0 Å². The Hall–Kier alpha value is -1.08. The van der Waals surface area contributed by atoms with Crippen LogP contribution >= 0.6 is 0 Å². The quantitative estimate of drug-likeness (QED) is 0.563. The number of nitrogens with two attached hydrogens (primary N) is 1. The van der Waals surface area contributed by atoms with Crippen molar-refractivity contribution in [2.75, 3.05) is 12.8 Å². The predicted octanol–water partition coefficient (Wildman–Crippen LogP) is 0.310. The van der Waals surface area contributed by atoms with Crippen LogP contribution in [0.3, 0.4) is 0 Å². The first-order valence-electron chi connectivity index (χ1n) is 4.92. The summed E-state index contributed by atoms with van der Waals surface area (Å²) in [5, 5.41) is 11.6. The van der Waals surface area contributed by atoms with Gasteiger partial charge in [-0.05, 0) is 19.3 Å². The zero-order valence-corrected chi connectivity index (χ0v) is 10.0. The van der Waals surface area contributed by atoms with E-state index in [0.29, 0.717) is 19.4 Å². The normalized spacial score (nSPS) is 13.9. The highest BCUT2D eigenvalue weighted by atomic mass is 32.2. The Kier molecular flexibility index (Phi) is 6.75. The summed E-state index contributed by atoms with van der Waals surface area (Å²) in [6.45, 7) is 0.387. The van der Waals surface area contributed by atoms with Crippen molar-refractivity contribution < 1.29 is 18.3 Å². The van der Waals surface area contributed by atoms with Gasteiger partial charge in [-0.3, -0.25) is 0 Å². The first-order chi connectivity index (χ1) is 7.31. The van der Waals surface area contributed by atoms with Gasteiger partial charge in [-0.15, -0.1) is 0 Å². The molecule has 0 bridgehead atoms. The van der Waals surface area contributed by atoms with Gasteiger partial charge < -0.3 is 16.2 Å². The molecule has 0 heterocycles. The molecular formula is C9H18N2O4S. The molecule has 0 aliphatic heterocycles. The number of hydrogen-bond acceptors (Lipinski definition) is 4. The molecule has 0 rings (SSSR count). The molecule has 1 atom stereocenters. The lowest BCUT2D eigenvalue weighted by Gasteiger charge is -2.05. The summed E-state index contributed by atoms with van der Waals surface area (Å²) in [7, 11) is -3.12. The standard InChI is InChI=1S/C9H18N2O4S/c1-16(14,15)7-5-8(10)4-2-3-6-11-9(12)13/h5,7-8,11H,2-4,6,10H2,1H3,(H,12,13)/b7-5+. The van der Waals surface area contributed by atoms with Crippen molar-refractivity contribution in [1.29, 1.82) is 0 Å². The molecule has 0 fully saturated rings. The maximum absolute atomic E-state index is 10.8. The molecule has 6 nitrogen and oxygen atoms in total. The van der Waals surface area contributed by atoms with E-state index in [2.05, 4.69) is 5.32 Å². The number of hydrogen-bond donors (Lipinski definition) is 3. The first-order valence-corrected chi connectivity index (χ1v) is 6.87. The lowest BCUT2D eigenvalue weighted by molar-refractivity contribution is 0.194. The molecule has 16 heavy (non-hydrogen) atoms. The van der Waals surface area contributed by atoms with Gasteiger partial charge in [-0.2, -0.15) is 0 Å². The number of rotatable bonds is 7. The molecule has 0 aromatic carbocycles. The summed E-state index contributed by atoms with van der Waals surface area (Å²) < 4.78 is 21.5. The molecule has 0 aromatic heterocycles. The third-order valence-corrected chi connectivity index (χ3v) is 2.46. The molecule has 0 spiro atoms. The third-order valence-electron chi connectivity index (χ3n) is 1.81. The Morgan fingerprint density at radius 1 is 1.50 bits per heavy atom. The molecule has 1 unspecified atom stereocenters. The topological polar surface area (TPSA) is 109 Å². The van der Waals surface area contributed by atoms with Gasteiger partial charge in [0.1, 0.15) is 0 Å². The lowest BCUT2D eigenvalue weighted by Crippen LogP contribution is -2.22. The van der Waals surface area contributed by atoms with Gasteiger partial charge in [0.05, 0.1) is 0 Å². The van der Waals surface area contributed by atoms with Crippen molar-refractivity contribution in [1.82, 2.24) is 5.32 Å². The van der Waals surface area contributed by atoms with E-state index in [0.717, 1.165) is 18.1 Å². The van der Waals surface area contributed by atoms with Crippen LogP contribution in [0.4, 0.5) is 4.79 Å². The van der Waals surface area contributed by atoms with Crippen LogP contribution in [0, 0.1) is 0 Å². The summed E-state index contributed by atoms with van der Waals surface area (Å²) >= 11 is 0. The Labute approximate surface area is 95.4 Å². The van der Waals surface area contributed by atoms with Crippen LogP contribution in [0.1, 0.15) is 19.3 Å². The van der Waals surface area contributed by atoms with Crippen LogP contribution in [-0.4, -0.2) is 38.5 Å². The van der Waals surface area contributed by atoms with Crippen LogP contribution in [0.25, 0.3) is 0 Å².